The Morgan fingerprint density at radius 3 is 2.84 bits per heavy atom. The van der Waals surface area contributed by atoms with Gasteiger partial charge in [0.1, 0.15) is 5.75 Å². The summed E-state index contributed by atoms with van der Waals surface area (Å²) in [5.74, 6) is 2.56. The third-order valence-electron chi connectivity index (χ3n) is 6.72. The van der Waals surface area contributed by atoms with E-state index in [1.165, 1.54) is 57.3 Å². The van der Waals surface area contributed by atoms with E-state index in [1.54, 1.807) is 7.11 Å². The number of benzene rings is 1. The molecule has 0 spiro atoms. The number of methoxy groups -OCH3 is 1. The smallest absolute Gasteiger partial charge is 0.119 e. The van der Waals surface area contributed by atoms with Gasteiger partial charge in [-0.2, -0.15) is 0 Å². The van der Waals surface area contributed by atoms with Crippen LogP contribution in [0.3, 0.4) is 0 Å². The number of ether oxygens (including phenoxy) is 2. The summed E-state index contributed by atoms with van der Waals surface area (Å²) < 4.78 is 11.4. The van der Waals surface area contributed by atoms with E-state index in [9.17, 15) is 0 Å². The van der Waals surface area contributed by atoms with Gasteiger partial charge < -0.3 is 20.1 Å². The molecule has 3 unspecified atom stereocenters. The Morgan fingerprint density at radius 2 is 2.12 bits per heavy atom. The molecule has 4 nitrogen and oxygen atoms in total. The van der Waals surface area contributed by atoms with Crippen molar-refractivity contribution in [1.29, 1.82) is 0 Å². The molecule has 2 aliphatic carbocycles. The summed E-state index contributed by atoms with van der Waals surface area (Å²) in [6, 6.07) is 8.74. The second-order valence-corrected chi connectivity index (χ2v) is 8.58. The third kappa shape index (κ3) is 3.71. The Labute approximate surface area is 151 Å². The van der Waals surface area contributed by atoms with Gasteiger partial charge in [0.25, 0.3) is 0 Å². The van der Waals surface area contributed by atoms with Gasteiger partial charge in [-0.15, -0.1) is 0 Å². The number of nitrogens with zero attached hydrogens (tertiary/aromatic N) is 1. The molecule has 2 N–H and O–H groups in total. The molecule has 0 amide bonds. The van der Waals surface area contributed by atoms with E-state index >= 15 is 0 Å². The predicted molar refractivity (Wildman–Crippen MR) is 99.6 cm³/mol. The van der Waals surface area contributed by atoms with Crippen molar-refractivity contribution >= 4 is 0 Å². The zero-order valence-electron chi connectivity index (χ0n) is 15.5. The van der Waals surface area contributed by atoms with Crippen LogP contribution in [0.1, 0.15) is 37.7 Å². The Morgan fingerprint density at radius 1 is 1.24 bits per heavy atom. The van der Waals surface area contributed by atoms with Gasteiger partial charge in [0.15, 0.2) is 0 Å². The van der Waals surface area contributed by atoms with Crippen LogP contribution in [0, 0.1) is 17.3 Å². The topological polar surface area (TPSA) is 47.7 Å². The molecule has 3 fully saturated rings. The number of nitrogens with two attached hydrogens (primary N) is 1. The molecule has 4 heteroatoms. The van der Waals surface area contributed by atoms with Gasteiger partial charge in [-0.1, -0.05) is 18.6 Å². The van der Waals surface area contributed by atoms with Gasteiger partial charge in [0.2, 0.25) is 0 Å². The van der Waals surface area contributed by atoms with Gasteiger partial charge in [0, 0.05) is 38.2 Å². The van der Waals surface area contributed by atoms with Crippen LogP contribution in [-0.2, 0) is 11.3 Å². The standard InChI is InChI=1S/C21H32N2O2/c1-24-13-16-4-2-5-18(10-16)25-15-21(8-3-9-21)14-23-11-17-6-7-20(22)19(17)12-23/h2,4-5,10,17,19-20H,3,6-9,11-15,22H2,1H3. The Balaban J connectivity index is 1.33. The van der Waals surface area contributed by atoms with Crippen molar-refractivity contribution in [2.24, 2.45) is 23.0 Å². The first-order valence-corrected chi connectivity index (χ1v) is 9.86. The lowest BCUT2D eigenvalue weighted by Crippen LogP contribution is -2.46. The molecule has 1 heterocycles. The van der Waals surface area contributed by atoms with Crippen LogP contribution in [0.5, 0.6) is 5.75 Å². The highest BCUT2D eigenvalue weighted by atomic mass is 16.5. The van der Waals surface area contributed by atoms with Crippen LogP contribution >= 0.6 is 0 Å². The van der Waals surface area contributed by atoms with E-state index in [4.69, 9.17) is 15.2 Å². The number of rotatable bonds is 7. The van der Waals surface area contributed by atoms with E-state index < -0.39 is 0 Å². The molecular formula is C21H32N2O2. The summed E-state index contributed by atoms with van der Waals surface area (Å²) in [4.78, 5) is 2.68. The Bertz CT molecular complexity index is 587. The summed E-state index contributed by atoms with van der Waals surface area (Å²) in [5.41, 5.74) is 7.82. The maximum atomic E-state index is 6.30. The number of fused-ring (bicyclic) bond motifs is 1. The van der Waals surface area contributed by atoms with Gasteiger partial charge in [-0.3, -0.25) is 0 Å². The van der Waals surface area contributed by atoms with E-state index in [0.717, 1.165) is 24.2 Å². The van der Waals surface area contributed by atoms with E-state index in [-0.39, 0.29) is 0 Å². The van der Waals surface area contributed by atoms with Crippen LogP contribution in [0.2, 0.25) is 0 Å². The summed E-state index contributed by atoms with van der Waals surface area (Å²) >= 11 is 0. The monoisotopic (exact) mass is 344 g/mol. The van der Waals surface area contributed by atoms with Crippen molar-refractivity contribution in [3.63, 3.8) is 0 Å². The molecule has 25 heavy (non-hydrogen) atoms. The number of hydrogen-bond donors (Lipinski definition) is 1. The van der Waals surface area contributed by atoms with Crippen LogP contribution in [0.15, 0.2) is 24.3 Å². The van der Waals surface area contributed by atoms with Crippen molar-refractivity contribution in [3.8, 4) is 5.75 Å². The highest BCUT2D eigenvalue weighted by Gasteiger charge is 2.45. The fourth-order valence-corrected chi connectivity index (χ4v) is 5.16. The molecule has 2 saturated carbocycles. The third-order valence-corrected chi connectivity index (χ3v) is 6.72. The summed E-state index contributed by atoms with van der Waals surface area (Å²) in [6.07, 6.45) is 6.49. The molecule has 0 aromatic heterocycles. The molecule has 3 aliphatic rings. The average Bonchev–Trinajstić information content (AvgIpc) is 3.12. The molecule has 0 radical (unpaired) electrons. The summed E-state index contributed by atoms with van der Waals surface area (Å²) in [6.45, 7) is 5.12. The predicted octanol–water partition coefficient (Wildman–Crippen LogP) is 3.05. The molecule has 1 aromatic rings. The van der Waals surface area contributed by atoms with Crippen molar-refractivity contribution in [2.75, 3.05) is 33.4 Å². The SMILES string of the molecule is COCc1cccc(OCC2(CN3CC4CCC(N)C4C3)CCC2)c1. The van der Waals surface area contributed by atoms with Crippen molar-refractivity contribution < 1.29 is 9.47 Å². The first kappa shape index (κ1) is 17.3. The first-order valence-electron chi connectivity index (χ1n) is 9.86. The maximum Gasteiger partial charge on any atom is 0.119 e. The average molecular weight is 344 g/mol. The van der Waals surface area contributed by atoms with Crippen molar-refractivity contribution in [2.45, 2.75) is 44.8 Å². The molecule has 4 rings (SSSR count). The minimum absolute atomic E-state index is 0.347. The minimum atomic E-state index is 0.347. The fraction of sp³-hybridized carbons (Fsp3) is 0.714. The molecule has 0 bridgehead atoms. The fourth-order valence-electron chi connectivity index (χ4n) is 5.16. The summed E-state index contributed by atoms with van der Waals surface area (Å²) in [5, 5.41) is 0. The second-order valence-electron chi connectivity index (χ2n) is 8.58. The van der Waals surface area contributed by atoms with Crippen LogP contribution < -0.4 is 10.5 Å². The van der Waals surface area contributed by atoms with E-state index in [0.29, 0.717) is 18.1 Å². The number of hydrogen-bond acceptors (Lipinski definition) is 4. The van der Waals surface area contributed by atoms with Crippen molar-refractivity contribution in [3.05, 3.63) is 29.8 Å². The zero-order chi connectivity index (χ0) is 17.3. The molecule has 1 aromatic carbocycles. The maximum absolute atomic E-state index is 6.30. The molecule has 138 valence electrons. The van der Waals surface area contributed by atoms with Gasteiger partial charge in [0.05, 0.1) is 13.2 Å². The lowest BCUT2D eigenvalue weighted by Gasteiger charge is -2.44. The van der Waals surface area contributed by atoms with Gasteiger partial charge >= 0.3 is 0 Å². The molecular weight excluding hydrogens is 312 g/mol. The second kappa shape index (κ2) is 7.26. The normalized spacial score (nSPS) is 30.9. The molecule has 3 atom stereocenters. The van der Waals surface area contributed by atoms with Crippen molar-refractivity contribution in [1.82, 2.24) is 4.90 Å². The van der Waals surface area contributed by atoms with Crippen LogP contribution in [0.25, 0.3) is 0 Å². The molecule has 1 aliphatic heterocycles. The Hall–Kier alpha value is -1.10. The van der Waals surface area contributed by atoms with Gasteiger partial charge in [-0.25, -0.2) is 0 Å². The largest absolute Gasteiger partial charge is 0.493 e. The van der Waals surface area contributed by atoms with Crippen LogP contribution in [-0.4, -0.2) is 44.3 Å². The van der Waals surface area contributed by atoms with Crippen LogP contribution in [0.4, 0.5) is 0 Å². The quantitative estimate of drug-likeness (QED) is 0.826. The minimum Gasteiger partial charge on any atom is -0.493 e. The highest BCUT2D eigenvalue weighted by molar-refractivity contribution is 5.28. The first-order chi connectivity index (χ1) is 12.2. The lowest BCUT2D eigenvalue weighted by atomic mass is 9.69. The highest BCUT2D eigenvalue weighted by Crippen LogP contribution is 2.45. The molecule has 1 saturated heterocycles. The zero-order valence-corrected chi connectivity index (χ0v) is 15.5. The van der Waals surface area contributed by atoms with E-state index in [1.807, 2.05) is 0 Å². The van der Waals surface area contributed by atoms with Gasteiger partial charge in [-0.05, 0) is 55.2 Å². The van der Waals surface area contributed by atoms with E-state index in [2.05, 4.69) is 29.2 Å². The Kier molecular flexibility index (Phi) is 5.03. The summed E-state index contributed by atoms with van der Waals surface area (Å²) in [7, 11) is 1.73. The number of likely N-dealkylation sites (tertiary alicyclic amines) is 1. The lowest BCUT2D eigenvalue weighted by molar-refractivity contribution is 0.0220.